The summed E-state index contributed by atoms with van der Waals surface area (Å²) in [6.45, 7) is 10.9. The molecule has 140 valence electrons. The van der Waals surface area contributed by atoms with Crippen LogP contribution in [-0.4, -0.2) is 92.9 Å². The summed E-state index contributed by atoms with van der Waals surface area (Å²) in [6.07, 6.45) is 1.04. The average molecular weight is 337 g/mol. The molecule has 0 rings (SSSR count). The Morgan fingerprint density at radius 3 is 1.35 bits per heavy atom. The van der Waals surface area contributed by atoms with E-state index in [-0.39, 0.29) is 0 Å². The third kappa shape index (κ3) is 21.7. The van der Waals surface area contributed by atoms with Gasteiger partial charge in [-0.1, -0.05) is 6.92 Å². The lowest BCUT2D eigenvalue weighted by molar-refractivity contribution is 0.0143. The van der Waals surface area contributed by atoms with Crippen LogP contribution in [0.4, 0.5) is 0 Å². The molecule has 0 unspecified atom stereocenters. The van der Waals surface area contributed by atoms with Crippen LogP contribution in [0.3, 0.4) is 0 Å². The molecule has 0 saturated carbocycles. The molecule has 0 aliphatic heterocycles. The molecule has 0 aliphatic rings. The lowest BCUT2D eigenvalue weighted by Gasteiger charge is -2.08. The number of hydrogen-bond acceptors (Lipinski definition) is 7. The largest absolute Gasteiger partial charge is 0.382 e. The zero-order valence-corrected chi connectivity index (χ0v) is 14.8. The molecule has 0 fully saturated rings. The Morgan fingerprint density at radius 2 is 0.913 bits per heavy atom. The normalized spacial score (nSPS) is 11.2. The van der Waals surface area contributed by atoms with E-state index in [0.29, 0.717) is 66.1 Å². The van der Waals surface area contributed by atoms with Crippen LogP contribution >= 0.6 is 0 Å². The van der Waals surface area contributed by atoms with Gasteiger partial charge in [-0.3, -0.25) is 0 Å². The summed E-state index contributed by atoms with van der Waals surface area (Å²) < 4.78 is 31.7. The van der Waals surface area contributed by atoms with Crippen molar-refractivity contribution in [1.82, 2.24) is 5.32 Å². The molecule has 0 bridgehead atoms. The van der Waals surface area contributed by atoms with Gasteiger partial charge >= 0.3 is 0 Å². The van der Waals surface area contributed by atoms with Gasteiger partial charge in [-0.05, 0) is 6.42 Å². The van der Waals surface area contributed by atoms with Gasteiger partial charge in [-0.15, -0.1) is 0 Å². The Bertz CT molecular complexity index is 189. The van der Waals surface area contributed by atoms with Gasteiger partial charge in [0.05, 0.1) is 66.1 Å². The predicted octanol–water partition coefficient (Wildman–Crippen LogP) is 0.715. The third-order valence-corrected chi connectivity index (χ3v) is 2.74. The summed E-state index contributed by atoms with van der Waals surface area (Å²) in [5.41, 5.74) is 0. The highest BCUT2D eigenvalue weighted by Gasteiger charge is 1.93. The second kappa shape index (κ2) is 21.7. The number of rotatable bonds is 20. The maximum absolute atomic E-state index is 5.44. The van der Waals surface area contributed by atoms with Gasteiger partial charge in [0, 0.05) is 26.8 Å². The monoisotopic (exact) mass is 337 g/mol. The maximum Gasteiger partial charge on any atom is 0.0701 e. The highest BCUT2D eigenvalue weighted by molar-refractivity contribution is 4.45. The molecule has 7 heteroatoms. The zero-order valence-electron chi connectivity index (χ0n) is 14.8. The zero-order chi connectivity index (χ0) is 16.8. The number of methoxy groups -OCH3 is 1. The maximum atomic E-state index is 5.44. The Hall–Kier alpha value is -0.280. The minimum absolute atomic E-state index is 0.607. The fourth-order valence-corrected chi connectivity index (χ4v) is 1.56. The van der Waals surface area contributed by atoms with E-state index in [4.69, 9.17) is 28.4 Å². The molecule has 0 aromatic heterocycles. The summed E-state index contributed by atoms with van der Waals surface area (Å²) in [4.78, 5) is 0. The van der Waals surface area contributed by atoms with E-state index in [1.807, 2.05) is 0 Å². The van der Waals surface area contributed by atoms with Crippen molar-refractivity contribution >= 4 is 0 Å². The van der Waals surface area contributed by atoms with E-state index >= 15 is 0 Å². The van der Waals surface area contributed by atoms with Crippen LogP contribution in [0.1, 0.15) is 13.3 Å². The van der Waals surface area contributed by atoms with Gasteiger partial charge in [0.2, 0.25) is 0 Å². The van der Waals surface area contributed by atoms with Gasteiger partial charge in [0.15, 0.2) is 0 Å². The standard InChI is InChI=1S/C16H35NO6/c1-3-6-19-11-14-23-16-13-21-8-5-17-4-7-20-12-15-22-10-9-18-2/h17H,3-16H2,1-2H3. The van der Waals surface area contributed by atoms with E-state index in [0.717, 1.165) is 26.1 Å². The van der Waals surface area contributed by atoms with Crippen LogP contribution in [0, 0.1) is 0 Å². The van der Waals surface area contributed by atoms with Crippen molar-refractivity contribution in [1.29, 1.82) is 0 Å². The molecular formula is C16H35NO6. The molecule has 0 radical (unpaired) electrons. The average Bonchev–Trinajstić information content (AvgIpc) is 2.57. The minimum Gasteiger partial charge on any atom is -0.382 e. The quantitative estimate of drug-likeness (QED) is 0.328. The van der Waals surface area contributed by atoms with Gasteiger partial charge in [-0.25, -0.2) is 0 Å². The number of ether oxygens (including phenoxy) is 6. The summed E-state index contributed by atoms with van der Waals surface area (Å²) in [7, 11) is 1.66. The van der Waals surface area contributed by atoms with Crippen molar-refractivity contribution in [3.05, 3.63) is 0 Å². The molecule has 23 heavy (non-hydrogen) atoms. The molecule has 0 spiro atoms. The Balaban J connectivity index is 2.92. The van der Waals surface area contributed by atoms with Crippen LogP contribution < -0.4 is 5.32 Å². The van der Waals surface area contributed by atoms with Gasteiger partial charge in [0.1, 0.15) is 0 Å². The first-order valence-corrected chi connectivity index (χ1v) is 8.50. The van der Waals surface area contributed by atoms with Crippen LogP contribution in [0.5, 0.6) is 0 Å². The SMILES string of the molecule is CCCOCCOCCOCCNCCOCCOCCOC. The van der Waals surface area contributed by atoms with Crippen molar-refractivity contribution in [3.8, 4) is 0 Å². The van der Waals surface area contributed by atoms with E-state index < -0.39 is 0 Å². The highest BCUT2D eigenvalue weighted by atomic mass is 16.5. The lowest BCUT2D eigenvalue weighted by Crippen LogP contribution is -2.25. The van der Waals surface area contributed by atoms with E-state index in [1.54, 1.807) is 7.11 Å². The summed E-state index contributed by atoms with van der Waals surface area (Å²) >= 11 is 0. The number of nitrogens with one attached hydrogen (secondary N) is 1. The summed E-state index contributed by atoms with van der Waals surface area (Å²) in [6, 6.07) is 0. The first-order chi connectivity index (χ1) is 11.4. The molecule has 0 aromatic rings. The fraction of sp³-hybridized carbons (Fsp3) is 1.00. The molecule has 0 heterocycles. The van der Waals surface area contributed by atoms with Gasteiger partial charge < -0.3 is 33.7 Å². The lowest BCUT2D eigenvalue weighted by atomic mass is 10.5. The fourth-order valence-electron chi connectivity index (χ4n) is 1.56. The Kier molecular flexibility index (Phi) is 21.5. The molecule has 0 amide bonds. The Labute approximate surface area is 140 Å². The minimum atomic E-state index is 0.607. The topological polar surface area (TPSA) is 67.4 Å². The van der Waals surface area contributed by atoms with Crippen molar-refractivity contribution in [2.75, 3.05) is 92.9 Å². The van der Waals surface area contributed by atoms with Gasteiger partial charge in [-0.2, -0.15) is 0 Å². The molecule has 7 nitrogen and oxygen atoms in total. The second-order valence-electron chi connectivity index (χ2n) is 4.80. The highest BCUT2D eigenvalue weighted by Crippen LogP contribution is 1.83. The molecular weight excluding hydrogens is 302 g/mol. The van der Waals surface area contributed by atoms with Crippen molar-refractivity contribution in [2.24, 2.45) is 0 Å². The van der Waals surface area contributed by atoms with Crippen molar-refractivity contribution < 1.29 is 28.4 Å². The molecule has 0 saturated heterocycles. The van der Waals surface area contributed by atoms with Crippen LogP contribution in [-0.2, 0) is 28.4 Å². The van der Waals surface area contributed by atoms with Crippen molar-refractivity contribution in [2.45, 2.75) is 13.3 Å². The summed E-state index contributed by atoms with van der Waals surface area (Å²) in [5, 5.41) is 3.25. The first-order valence-electron chi connectivity index (χ1n) is 8.50. The number of hydrogen-bond donors (Lipinski definition) is 1. The van der Waals surface area contributed by atoms with Gasteiger partial charge in [0.25, 0.3) is 0 Å². The van der Waals surface area contributed by atoms with Crippen LogP contribution in [0.2, 0.25) is 0 Å². The molecule has 0 aromatic carbocycles. The molecule has 1 N–H and O–H groups in total. The summed E-state index contributed by atoms with van der Waals surface area (Å²) in [5.74, 6) is 0. The second-order valence-corrected chi connectivity index (χ2v) is 4.80. The predicted molar refractivity (Wildman–Crippen MR) is 89.1 cm³/mol. The van der Waals surface area contributed by atoms with Crippen LogP contribution in [0.15, 0.2) is 0 Å². The van der Waals surface area contributed by atoms with Crippen molar-refractivity contribution in [3.63, 3.8) is 0 Å². The van der Waals surface area contributed by atoms with E-state index in [1.165, 1.54) is 0 Å². The van der Waals surface area contributed by atoms with E-state index in [2.05, 4.69) is 12.2 Å². The third-order valence-electron chi connectivity index (χ3n) is 2.74. The smallest absolute Gasteiger partial charge is 0.0701 e. The Morgan fingerprint density at radius 1 is 0.522 bits per heavy atom. The van der Waals surface area contributed by atoms with E-state index in [9.17, 15) is 0 Å². The van der Waals surface area contributed by atoms with Crippen LogP contribution in [0.25, 0.3) is 0 Å². The molecule has 0 aliphatic carbocycles. The molecule has 0 atom stereocenters. The first kappa shape index (κ1) is 22.7.